The van der Waals surface area contributed by atoms with Crippen molar-refractivity contribution >= 4 is 198 Å². The first kappa shape index (κ1) is 56.6. The molecule has 19 rings (SSSR count). The van der Waals surface area contributed by atoms with Gasteiger partial charge in [-0.15, -0.1) is 22.7 Å². The third kappa shape index (κ3) is 8.96. The van der Waals surface area contributed by atoms with Crippen LogP contribution < -0.4 is 36.0 Å². The summed E-state index contributed by atoms with van der Waals surface area (Å²) >= 11 is 3.74. The smallest absolute Gasteiger partial charge is 0.252 e. The van der Waals surface area contributed by atoms with Crippen LogP contribution in [0.5, 0.6) is 0 Å². The van der Waals surface area contributed by atoms with E-state index in [1.807, 2.05) is 22.7 Å². The number of para-hydroxylation sites is 2. The zero-order valence-electron chi connectivity index (χ0n) is 54.2. The lowest BCUT2D eigenvalue weighted by atomic mass is 9.33. The standard InChI is InChI=1S/C88H65BN4OS2/c1-87(2,3)56-31-36-59(37-32-56)92-76-49-64(91(62-41-44-81-71(47-62)67-22-12-15-25-80(67)94-81)61-35-30-55-29-28-54-18-10-11-21-66(54)70(55)46-61)40-43-74(76)89-75-52-73-69-24-14-17-27-83(69)96-85(73)53-77(75)93(60-38-33-57(34-39-60)88(4,5)6)79-51-65(50-78(92)86(79)89)90(58-19-8-7-9-20-58)63-42-45-84-72(48-63)68-23-13-16-26-82(68)95-84/h7-53H,1-6H3. The molecule has 0 fully saturated rings. The van der Waals surface area contributed by atoms with E-state index in [9.17, 15) is 0 Å². The second kappa shape index (κ2) is 21.3. The normalized spacial score (nSPS) is 13.0. The minimum atomic E-state index is -0.186. The Balaban J connectivity index is 0.928. The maximum atomic E-state index is 6.56. The van der Waals surface area contributed by atoms with Crippen LogP contribution >= 0.6 is 22.7 Å². The van der Waals surface area contributed by atoms with Crippen LogP contribution in [0, 0.1) is 0 Å². The van der Waals surface area contributed by atoms with Gasteiger partial charge in [0.15, 0.2) is 0 Å². The van der Waals surface area contributed by atoms with Crippen molar-refractivity contribution in [3.63, 3.8) is 0 Å². The van der Waals surface area contributed by atoms with Gasteiger partial charge in [-0.1, -0.05) is 193 Å². The van der Waals surface area contributed by atoms with Gasteiger partial charge in [0.25, 0.3) is 6.71 Å². The molecule has 0 radical (unpaired) electrons. The highest BCUT2D eigenvalue weighted by Gasteiger charge is 2.45. The predicted molar refractivity (Wildman–Crippen MR) is 415 cm³/mol. The van der Waals surface area contributed by atoms with E-state index in [1.165, 1.54) is 95.1 Å². The summed E-state index contributed by atoms with van der Waals surface area (Å²) in [5, 5.41) is 12.1. The number of benzene rings is 14. The molecule has 5 heterocycles. The molecular weight excluding hydrogens is 1200 g/mol. The fraction of sp³-hybridized carbons (Fsp3) is 0.0909. The first-order valence-electron chi connectivity index (χ1n) is 33.3. The lowest BCUT2D eigenvalue weighted by Gasteiger charge is -2.45. The molecule has 17 aromatic rings. The number of fused-ring (bicyclic) bond motifs is 16. The van der Waals surface area contributed by atoms with Gasteiger partial charge in [0.05, 0.1) is 5.69 Å². The summed E-state index contributed by atoms with van der Waals surface area (Å²) in [6.07, 6.45) is 0. The van der Waals surface area contributed by atoms with Crippen LogP contribution in [0.1, 0.15) is 52.7 Å². The molecule has 2 aliphatic heterocycles. The fourth-order valence-corrected chi connectivity index (χ4v) is 17.7. The lowest BCUT2D eigenvalue weighted by molar-refractivity contribution is 0.590. The summed E-state index contributed by atoms with van der Waals surface area (Å²) in [6, 6.07) is 108. The van der Waals surface area contributed by atoms with E-state index in [1.54, 1.807) is 0 Å². The summed E-state index contributed by atoms with van der Waals surface area (Å²) in [5.74, 6) is 0. The predicted octanol–water partition coefficient (Wildman–Crippen LogP) is 24.2. The van der Waals surface area contributed by atoms with Gasteiger partial charge in [0.2, 0.25) is 0 Å². The number of nitrogens with zero attached hydrogens (tertiary/aromatic N) is 4. The van der Waals surface area contributed by atoms with Gasteiger partial charge < -0.3 is 24.0 Å². The Hall–Kier alpha value is -10.9. The molecule has 3 aromatic heterocycles. The zero-order valence-corrected chi connectivity index (χ0v) is 55.9. The van der Waals surface area contributed by atoms with Gasteiger partial charge in [0.1, 0.15) is 11.2 Å². The first-order chi connectivity index (χ1) is 46.8. The van der Waals surface area contributed by atoms with Crippen molar-refractivity contribution in [1.82, 2.24) is 0 Å². The van der Waals surface area contributed by atoms with Crippen molar-refractivity contribution < 1.29 is 4.42 Å². The van der Waals surface area contributed by atoms with Crippen molar-refractivity contribution in [2.75, 3.05) is 19.6 Å². The molecule has 96 heavy (non-hydrogen) atoms. The molecule has 0 saturated carbocycles. The van der Waals surface area contributed by atoms with Crippen LogP contribution in [0.25, 0.3) is 83.8 Å². The van der Waals surface area contributed by atoms with Gasteiger partial charge in [-0.05, 0) is 199 Å². The number of hydrogen-bond donors (Lipinski definition) is 0. The third-order valence-electron chi connectivity index (χ3n) is 20.3. The zero-order chi connectivity index (χ0) is 64.3. The molecule has 0 spiro atoms. The average Bonchev–Trinajstić information content (AvgIpc) is 0.854. The average molecular weight is 1270 g/mol. The van der Waals surface area contributed by atoms with Gasteiger partial charge in [-0.25, -0.2) is 0 Å². The molecule has 0 bridgehead atoms. The molecule has 0 aliphatic carbocycles. The molecule has 0 unspecified atom stereocenters. The Morgan fingerprint density at radius 3 is 1.43 bits per heavy atom. The van der Waals surface area contributed by atoms with Crippen molar-refractivity contribution in [2.45, 2.75) is 52.4 Å². The number of rotatable bonds is 8. The van der Waals surface area contributed by atoms with Crippen LogP contribution in [0.15, 0.2) is 290 Å². The summed E-state index contributed by atoms with van der Waals surface area (Å²) < 4.78 is 11.7. The highest BCUT2D eigenvalue weighted by atomic mass is 32.1. The number of furan rings is 1. The maximum Gasteiger partial charge on any atom is 0.252 e. The van der Waals surface area contributed by atoms with E-state index in [4.69, 9.17) is 4.42 Å². The number of anilines is 12. The monoisotopic (exact) mass is 1270 g/mol. The van der Waals surface area contributed by atoms with Crippen molar-refractivity contribution in [3.8, 4) is 0 Å². The molecular formula is C88H65BN4OS2. The molecule has 2 aliphatic rings. The molecule has 14 aromatic carbocycles. The quantitative estimate of drug-likeness (QED) is 0.112. The second-order valence-corrected chi connectivity index (χ2v) is 30.3. The molecule has 0 saturated heterocycles. The van der Waals surface area contributed by atoms with Crippen molar-refractivity contribution in [2.24, 2.45) is 0 Å². The fourth-order valence-electron chi connectivity index (χ4n) is 15.5. The van der Waals surface area contributed by atoms with E-state index >= 15 is 0 Å². The van der Waals surface area contributed by atoms with Gasteiger partial charge in [-0.2, -0.15) is 0 Å². The molecule has 8 heteroatoms. The maximum absolute atomic E-state index is 6.56. The third-order valence-corrected chi connectivity index (χ3v) is 22.6. The number of hydrogen-bond acceptors (Lipinski definition) is 7. The minimum absolute atomic E-state index is 0.0406. The van der Waals surface area contributed by atoms with E-state index in [0.29, 0.717) is 0 Å². The first-order valence-corrected chi connectivity index (χ1v) is 34.9. The van der Waals surface area contributed by atoms with Crippen LogP contribution in [-0.4, -0.2) is 6.71 Å². The largest absolute Gasteiger partial charge is 0.456 e. The Kier molecular flexibility index (Phi) is 12.6. The SMILES string of the molecule is CC(C)(C)c1ccc(N2c3cc(N(c4ccc5ccc6ccccc6c5c4)c4ccc5oc6ccccc6c5c4)ccc3B3c4cc5c(cc4N(c4ccc(C(C)(C)C)cc4)c4cc(N(c6ccccc6)c6ccc7sc8ccccc8c7c6)cc2c43)sc2ccccc25)cc1. The van der Waals surface area contributed by atoms with E-state index in [2.05, 4.69) is 346 Å². The minimum Gasteiger partial charge on any atom is -0.456 e. The van der Waals surface area contributed by atoms with E-state index < -0.39 is 0 Å². The highest BCUT2D eigenvalue weighted by molar-refractivity contribution is 7.26. The Labute approximate surface area is 566 Å². The van der Waals surface area contributed by atoms with Gasteiger partial charge >= 0.3 is 0 Å². The molecule has 0 atom stereocenters. The summed E-state index contributed by atoms with van der Waals surface area (Å²) in [6.45, 7) is 13.7. The lowest BCUT2D eigenvalue weighted by Crippen LogP contribution is -2.61. The second-order valence-electron chi connectivity index (χ2n) is 28.1. The molecule has 0 N–H and O–H groups in total. The van der Waals surface area contributed by atoms with E-state index in [-0.39, 0.29) is 17.5 Å². The van der Waals surface area contributed by atoms with Crippen LogP contribution in [0.4, 0.5) is 68.2 Å². The van der Waals surface area contributed by atoms with Gasteiger partial charge in [0, 0.05) is 108 Å². The van der Waals surface area contributed by atoms with Crippen molar-refractivity contribution in [3.05, 3.63) is 296 Å². The van der Waals surface area contributed by atoms with Crippen LogP contribution in [0.2, 0.25) is 0 Å². The van der Waals surface area contributed by atoms with E-state index in [0.717, 1.165) is 84.5 Å². The highest BCUT2D eigenvalue weighted by Crippen LogP contribution is 2.52. The Morgan fingerprint density at radius 2 is 0.760 bits per heavy atom. The number of thiophene rings is 2. The topological polar surface area (TPSA) is 26.1 Å². The molecule has 5 nitrogen and oxygen atoms in total. The summed E-state index contributed by atoms with van der Waals surface area (Å²) in [4.78, 5) is 10.2. The van der Waals surface area contributed by atoms with Crippen molar-refractivity contribution in [1.29, 1.82) is 0 Å². The van der Waals surface area contributed by atoms with Gasteiger partial charge in [-0.3, -0.25) is 0 Å². The summed E-state index contributed by atoms with van der Waals surface area (Å²) in [7, 11) is 0. The van der Waals surface area contributed by atoms with Crippen LogP contribution in [-0.2, 0) is 10.8 Å². The Morgan fingerprint density at radius 1 is 0.302 bits per heavy atom. The Bertz CT molecular complexity index is 6030. The van der Waals surface area contributed by atoms with Crippen LogP contribution in [0.3, 0.4) is 0 Å². The molecule has 0 amide bonds. The summed E-state index contributed by atoms with van der Waals surface area (Å²) in [5.41, 5.74) is 21.1. The molecule has 458 valence electrons.